The second kappa shape index (κ2) is 19.9. The number of methoxy groups -OCH3 is 2. The summed E-state index contributed by atoms with van der Waals surface area (Å²) in [6, 6.07) is 9.67. The van der Waals surface area contributed by atoms with E-state index in [4.69, 9.17) is 30.9 Å². The third-order valence-electron chi connectivity index (χ3n) is 4.03. The van der Waals surface area contributed by atoms with Crippen LogP contribution in [0.1, 0.15) is 20.7 Å². The minimum atomic E-state index is -0.0270. The topological polar surface area (TPSA) is 88.5 Å². The summed E-state index contributed by atoms with van der Waals surface area (Å²) in [6.45, 7) is 2.34. The Hall–Kier alpha value is -2.52. The van der Waals surface area contributed by atoms with E-state index in [1.807, 2.05) is 38.0 Å². The maximum absolute atomic E-state index is 10.8. The number of halogens is 2. The van der Waals surface area contributed by atoms with E-state index in [-0.39, 0.29) is 23.7 Å². The van der Waals surface area contributed by atoms with Gasteiger partial charge in [0.1, 0.15) is 29.6 Å². The Balaban J connectivity index is 0. The van der Waals surface area contributed by atoms with Crippen LogP contribution in [0.3, 0.4) is 0 Å². The number of aromatic hydroxyl groups is 1. The number of benzene rings is 2. The van der Waals surface area contributed by atoms with Gasteiger partial charge in [0.2, 0.25) is 0 Å². The molecule has 0 aliphatic heterocycles. The normalized spacial score (nSPS) is 9.56. The molecule has 34 heavy (non-hydrogen) atoms. The number of ether oxygens (including phenoxy) is 3. The Morgan fingerprint density at radius 2 is 1.35 bits per heavy atom. The molecule has 10 heteroatoms. The van der Waals surface area contributed by atoms with Crippen LogP contribution in [0.2, 0.25) is 0 Å². The van der Waals surface area contributed by atoms with E-state index in [1.165, 1.54) is 19.2 Å². The molecular weight excluding hydrogens is 483 g/mol. The van der Waals surface area contributed by atoms with Gasteiger partial charge in [-0.15, -0.1) is 24.0 Å². The molecule has 2 aromatic carbocycles. The van der Waals surface area contributed by atoms with Gasteiger partial charge in [0.25, 0.3) is 0 Å². The van der Waals surface area contributed by atoms with E-state index in [0.717, 1.165) is 25.3 Å². The average Bonchev–Trinajstić information content (AvgIpc) is 2.80. The Morgan fingerprint density at radius 3 is 1.76 bits per heavy atom. The number of likely N-dealkylation sites (N-methyl/N-ethyl adjacent to an activating group) is 1. The Bertz CT molecular complexity index is 835. The molecule has 0 bridgehead atoms. The van der Waals surface area contributed by atoms with Gasteiger partial charge in [-0.3, -0.25) is 9.59 Å². The van der Waals surface area contributed by atoms with Gasteiger partial charge in [0.15, 0.2) is 12.6 Å². The maximum Gasteiger partial charge on any atom is 0.153 e. The Kier molecular flexibility index (Phi) is 19.7. The van der Waals surface area contributed by atoms with Crippen LogP contribution in [-0.2, 0) is 0 Å². The lowest BCUT2D eigenvalue weighted by atomic mass is 10.2. The number of phenols is 1. The molecule has 0 spiro atoms. The first-order valence-electron chi connectivity index (χ1n) is 10.2. The summed E-state index contributed by atoms with van der Waals surface area (Å²) < 4.78 is 15.4. The lowest BCUT2D eigenvalue weighted by Gasteiger charge is -2.12. The fourth-order valence-corrected chi connectivity index (χ4v) is 2.48. The predicted molar refractivity (Wildman–Crippen MR) is 139 cm³/mol. The molecule has 0 aliphatic rings. The van der Waals surface area contributed by atoms with Gasteiger partial charge in [0.05, 0.1) is 25.3 Å². The van der Waals surface area contributed by atoms with Crippen molar-refractivity contribution in [1.29, 1.82) is 0 Å². The van der Waals surface area contributed by atoms with Gasteiger partial charge in [-0.05, 0) is 64.6 Å². The number of phenolic OH excluding ortho intramolecular Hbond substituents is 1. The van der Waals surface area contributed by atoms with Gasteiger partial charge >= 0.3 is 0 Å². The number of nitrogens with zero attached hydrogens (tertiary/aromatic N) is 2. The zero-order valence-electron chi connectivity index (χ0n) is 20.6. The first kappa shape index (κ1) is 33.7. The summed E-state index contributed by atoms with van der Waals surface area (Å²) in [5.74, 6) is 2.51. The van der Waals surface area contributed by atoms with Crippen LogP contribution >= 0.6 is 24.0 Å². The number of aldehydes is 2. The predicted octanol–water partition coefficient (Wildman–Crippen LogP) is 3.87. The quantitative estimate of drug-likeness (QED) is 0.374. The molecule has 0 atom stereocenters. The molecule has 0 saturated carbocycles. The van der Waals surface area contributed by atoms with Crippen molar-refractivity contribution in [2.45, 2.75) is 0 Å². The highest BCUT2D eigenvalue weighted by molar-refractivity contribution is 6.18. The number of hydrogen-bond donors (Lipinski definition) is 1. The zero-order chi connectivity index (χ0) is 25.2. The van der Waals surface area contributed by atoms with Crippen LogP contribution in [0.4, 0.5) is 0 Å². The van der Waals surface area contributed by atoms with Crippen molar-refractivity contribution in [3.05, 3.63) is 47.5 Å². The molecule has 2 aromatic rings. The lowest BCUT2D eigenvalue weighted by Crippen LogP contribution is -2.19. The summed E-state index contributed by atoms with van der Waals surface area (Å²) in [7, 11) is 11.0. The van der Waals surface area contributed by atoms with Gasteiger partial charge in [-0.1, -0.05) is 0 Å². The smallest absolute Gasteiger partial charge is 0.153 e. The number of alkyl halides is 1. The Labute approximate surface area is 213 Å². The van der Waals surface area contributed by atoms with Crippen molar-refractivity contribution < 1.29 is 28.9 Å². The fourth-order valence-electron chi connectivity index (χ4n) is 2.14. The van der Waals surface area contributed by atoms with E-state index in [1.54, 1.807) is 31.4 Å². The first-order chi connectivity index (χ1) is 15.7. The Morgan fingerprint density at radius 1 is 0.853 bits per heavy atom. The number of carbonyl (C=O) groups excluding carboxylic acids is 2. The summed E-state index contributed by atoms with van der Waals surface area (Å²) in [5.41, 5.74) is 0.752. The molecule has 8 nitrogen and oxygen atoms in total. The molecule has 0 aliphatic carbocycles. The SMILES string of the molecule is CN(C)CCCl.COc1ccc(O)c(C=O)c1.COc1ccc(OCCN(C)C)c(C=O)c1.Cl. The highest BCUT2D eigenvalue weighted by Crippen LogP contribution is 2.22. The fraction of sp³-hybridized carbons (Fsp3) is 0.417. The maximum atomic E-state index is 10.8. The third-order valence-corrected chi connectivity index (χ3v) is 4.20. The largest absolute Gasteiger partial charge is 0.507 e. The standard InChI is InChI=1S/C12H17NO3.C8H8O3.C4H10ClN.ClH/c1-13(2)6-7-16-12-5-4-11(15-3)8-10(12)9-14;1-11-7-2-3-8(10)6(4-7)5-9;1-6(2)4-3-5;/h4-5,8-9H,6-7H2,1-3H3;2-5,10H,1H3;3-4H2,1-2H3;1H. The molecule has 0 amide bonds. The second-order valence-corrected chi connectivity index (χ2v) is 7.59. The van der Waals surface area contributed by atoms with Crippen molar-refractivity contribution in [1.82, 2.24) is 9.80 Å². The lowest BCUT2D eigenvalue weighted by molar-refractivity contribution is 0.111. The highest BCUT2D eigenvalue weighted by atomic mass is 35.5. The number of rotatable bonds is 10. The number of carbonyl (C=O) groups is 2. The molecule has 2 rings (SSSR count). The average molecular weight is 519 g/mol. The molecule has 0 unspecified atom stereocenters. The summed E-state index contributed by atoms with van der Waals surface area (Å²) in [4.78, 5) is 25.2. The molecule has 0 heterocycles. The van der Waals surface area contributed by atoms with Crippen LogP contribution in [0.15, 0.2) is 36.4 Å². The summed E-state index contributed by atoms with van der Waals surface area (Å²) in [6.07, 6.45) is 1.35. The molecule has 0 aromatic heterocycles. The zero-order valence-corrected chi connectivity index (χ0v) is 22.2. The van der Waals surface area contributed by atoms with E-state index < -0.39 is 0 Å². The van der Waals surface area contributed by atoms with E-state index in [2.05, 4.69) is 0 Å². The van der Waals surface area contributed by atoms with Crippen LogP contribution in [0, 0.1) is 0 Å². The van der Waals surface area contributed by atoms with Crippen LogP contribution in [-0.4, -0.2) is 95.5 Å². The molecule has 192 valence electrons. The molecule has 1 N–H and O–H groups in total. The van der Waals surface area contributed by atoms with Crippen LogP contribution in [0.25, 0.3) is 0 Å². The molecule has 0 radical (unpaired) electrons. The summed E-state index contributed by atoms with van der Waals surface area (Å²) >= 11 is 5.35. The minimum absolute atomic E-state index is 0. The van der Waals surface area contributed by atoms with E-state index >= 15 is 0 Å². The van der Waals surface area contributed by atoms with Gasteiger partial charge < -0.3 is 29.1 Å². The monoisotopic (exact) mass is 518 g/mol. The van der Waals surface area contributed by atoms with E-state index in [9.17, 15) is 9.59 Å². The van der Waals surface area contributed by atoms with Crippen molar-refractivity contribution in [2.75, 3.05) is 68.0 Å². The van der Waals surface area contributed by atoms with Crippen molar-refractivity contribution >= 4 is 36.6 Å². The second-order valence-electron chi connectivity index (χ2n) is 7.21. The number of hydrogen-bond acceptors (Lipinski definition) is 8. The van der Waals surface area contributed by atoms with Crippen molar-refractivity contribution in [2.24, 2.45) is 0 Å². The summed E-state index contributed by atoms with van der Waals surface area (Å²) in [5, 5.41) is 9.04. The highest BCUT2D eigenvalue weighted by Gasteiger charge is 2.05. The molecule has 0 saturated heterocycles. The molecule has 0 fully saturated rings. The first-order valence-corrected chi connectivity index (χ1v) is 10.7. The van der Waals surface area contributed by atoms with Gasteiger partial charge in [0, 0.05) is 19.0 Å². The van der Waals surface area contributed by atoms with E-state index in [0.29, 0.717) is 35.7 Å². The minimum Gasteiger partial charge on any atom is -0.507 e. The van der Waals surface area contributed by atoms with Crippen molar-refractivity contribution in [3.63, 3.8) is 0 Å². The third kappa shape index (κ3) is 14.6. The van der Waals surface area contributed by atoms with Crippen LogP contribution in [0.5, 0.6) is 23.0 Å². The van der Waals surface area contributed by atoms with Crippen molar-refractivity contribution in [3.8, 4) is 23.0 Å². The van der Waals surface area contributed by atoms with Crippen LogP contribution < -0.4 is 14.2 Å². The van der Waals surface area contributed by atoms with Gasteiger partial charge in [-0.25, -0.2) is 0 Å². The molecular formula is C24H36Cl2N2O6. The van der Waals surface area contributed by atoms with Gasteiger partial charge in [-0.2, -0.15) is 0 Å².